The van der Waals surface area contributed by atoms with Crippen LogP contribution in [0.15, 0.2) is 66.9 Å². The van der Waals surface area contributed by atoms with Crippen LogP contribution in [0.25, 0.3) is 0 Å². The summed E-state index contributed by atoms with van der Waals surface area (Å²) < 4.78 is 5.56. The summed E-state index contributed by atoms with van der Waals surface area (Å²) in [6.45, 7) is 6.61. The van der Waals surface area contributed by atoms with Crippen molar-refractivity contribution in [3.8, 4) is 5.75 Å². The molecule has 1 aromatic heterocycles. The number of aromatic nitrogens is 1. The molecular weight excluding hydrogens is 334 g/mol. The summed E-state index contributed by atoms with van der Waals surface area (Å²) in [7, 11) is 0. The molecule has 3 heteroatoms. The van der Waals surface area contributed by atoms with E-state index in [9.17, 15) is 4.79 Å². The summed E-state index contributed by atoms with van der Waals surface area (Å²) in [4.78, 5) is 17.2. The van der Waals surface area contributed by atoms with E-state index in [-0.39, 0.29) is 11.7 Å². The van der Waals surface area contributed by atoms with Gasteiger partial charge in [-0.05, 0) is 61.7 Å². The number of pyridine rings is 1. The quantitative estimate of drug-likeness (QED) is 0.523. The molecule has 0 aliphatic heterocycles. The Bertz CT molecular complexity index is 916. The third-order valence-electron chi connectivity index (χ3n) is 4.77. The minimum atomic E-state index is 0.00264. The summed E-state index contributed by atoms with van der Waals surface area (Å²) in [5.41, 5.74) is 5.06. The molecule has 1 heterocycles. The molecule has 0 saturated carbocycles. The number of hydrogen-bond acceptors (Lipinski definition) is 3. The van der Waals surface area contributed by atoms with Crippen molar-refractivity contribution < 1.29 is 9.53 Å². The van der Waals surface area contributed by atoms with Crippen LogP contribution in [0.4, 0.5) is 0 Å². The molecule has 0 amide bonds. The van der Waals surface area contributed by atoms with Crippen molar-refractivity contribution in [3.05, 3.63) is 94.8 Å². The summed E-state index contributed by atoms with van der Waals surface area (Å²) in [5, 5.41) is 0. The molecule has 2 aromatic carbocycles. The zero-order valence-corrected chi connectivity index (χ0v) is 16.1. The number of ketones is 1. The highest BCUT2D eigenvalue weighted by molar-refractivity contribution is 5.96. The SMILES string of the molecule is CCOc1ccc(C(CC(=O)c2ccnc(C)c2)c2ccccc2C)cc1. The van der Waals surface area contributed by atoms with Crippen molar-refractivity contribution in [1.29, 1.82) is 0 Å². The number of rotatable bonds is 7. The van der Waals surface area contributed by atoms with Crippen molar-refractivity contribution >= 4 is 5.78 Å². The molecular formula is C24H25NO2. The summed E-state index contributed by atoms with van der Waals surface area (Å²) in [6.07, 6.45) is 2.12. The molecule has 0 saturated heterocycles. The van der Waals surface area contributed by atoms with Crippen LogP contribution in [0.1, 0.15) is 52.0 Å². The highest BCUT2D eigenvalue weighted by Gasteiger charge is 2.21. The summed E-state index contributed by atoms with van der Waals surface area (Å²) >= 11 is 0. The first-order chi connectivity index (χ1) is 13.1. The Kier molecular flexibility index (Phi) is 6.02. The van der Waals surface area contributed by atoms with Gasteiger partial charge in [-0.1, -0.05) is 36.4 Å². The fraction of sp³-hybridized carbons (Fsp3) is 0.250. The lowest BCUT2D eigenvalue weighted by atomic mass is 9.84. The van der Waals surface area contributed by atoms with E-state index in [4.69, 9.17) is 4.74 Å². The zero-order chi connectivity index (χ0) is 19.2. The number of Topliss-reactive ketones (excluding diaryl/α,β-unsaturated/α-hetero) is 1. The van der Waals surface area contributed by atoms with Crippen LogP contribution < -0.4 is 4.74 Å². The fourth-order valence-electron chi connectivity index (χ4n) is 3.37. The van der Waals surface area contributed by atoms with Crippen LogP contribution in [0.5, 0.6) is 5.75 Å². The summed E-state index contributed by atoms with van der Waals surface area (Å²) in [6, 6.07) is 20.0. The first kappa shape index (κ1) is 18.8. The van der Waals surface area contributed by atoms with E-state index in [2.05, 4.69) is 36.2 Å². The molecule has 138 valence electrons. The van der Waals surface area contributed by atoms with Crippen molar-refractivity contribution in [2.24, 2.45) is 0 Å². The van der Waals surface area contributed by atoms with E-state index in [1.54, 1.807) is 12.3 Å². The first-order valence-corrected chi connectivity index (χ1v) is 9.32. The fourth-order valence-corrected chi connectivity index (χ4v) is 3.37. The lowest BCUT2D eigenvalue weighted by Gasteiger charge is -2.20. The maximum Gasteiger partial charge on any atom is 0.163 e. The Labute approximate surface area is 161 Å². The predicted octanol–water partition coefficient (Wildman–Crippen LogP) is 5.50. The monoisotopic (exact) mass is 359 g/mol. The molecule has 3 rings (SSSR count). The topological polar surface area (TPSA) is 39.2 Å². The second kappa shape index (κ2) is 8.63. The molecule has 0 aliphatic rings. The van der Waals surface area contributed by atoms with Gasteiger partial charge in [0.2, 0.25) is 0 Å². The molecule has 0 bridgehead atoms. The van der Waals surface area contributed by atoms with Crippen LogP contribution in [-0.4, -0.2) is 17.4 Å². The average molecular weight is 359 g/mol. The number of aryl methyl sites for hydroxylation is 2. The van der Waals surface area contributed by atoms with Gasteiger partial charge in [-0.25, -0.2) is 0 Å². The number of benzene rings is 2. The number of ether oxygens (including phenoxy) is 1. The van der Waals surface area contributed by atoms with Gasteiger partial charge in [0.1, 0.15) is 5.75 Å². The summed E-state index contributed by atoms with van der Waals surface area (Å²) in [5.74, 6) is 0.978. The van der Waals surface area contributed by atoms with Crippen molar-refractivity contribution in [1.82, 2.24) is 4.98 Å². The molecule has 0 spiro atoms. The molecule has 0 aliphatic carbocycles. The Balaban J connectivity index is 1.95. The van der Waals surface area contributed by atoms with Gasteiger partial charge < -0.3 is 4.74 Å². The van der Waals surface area contributed by atoms with E-state index in [1.807, 2.05) is 44.2 Å². The maximum absolute atomic E-state index is 13.0. The zero-order valence-electron chi connectivity index (χ0n) is 16.1. The molecule has 0 fully saturated rings. The van der Waals surface area contributed by atoms with Crippen LogP contribution in [0, 0.1) is 13.8 Å². The molecule has 3 aromatic rings. The second-order valence-electron chi connectivity index (χ2n) is 6.72. The number of hydrogen-bond donors (Lipinski definition) is 0. The molecule has 3 nitrogen and oxygen atoms in total. The highest BCUT2D eigenvalue weighted by atomic mass is 16.5. The van der Waals surface area contributed by atoms with Crippen LogP contribution >= 0.6 is 0 Å². The normalized spacial score (nSPS) is 11.8. The molecule has 1 unspecified atom stereocenters. The van der Waals surface area contributed by atoms with E-state index >= 15 is 0 Å². The van der Waals surface area contributed by atoms with Crippen LogP contribution in [-0.2, 0) is 0 Å². The molecule has 0 radical (unpaired) electrons. The largest absolute Gasteiger partial charge is 0.494 e. The van der Waals surface area contributed by atoms with Crippen LogP contribution in [0.2, 0.25) is 0 Å². The van der Waals surface area contributed by atoms with E-state index < -0.39 is 0 Å². The number of carbonyl (C=O) groups excluding carboxylic acids is 1. The van der Waals surface area contributed by atoms with Gasteiger partial charge >= 0.3 is 0 Å². The Morgan fingerprint density at radius 1 is 1.04 bits per heavy atom. The molecule has 1 atom stereocenters. The van der Waals surface area contributed by atoms with Gasteiger partial charge in [0.25, 0.3) is 0 Å². The van der Waals surface area contributed by atoms with E-state index in [1.165, 1.54) is 11.1 Å². The average Bonchev–Trinajstić information content (AvgIpc) is 2.68. The van der Waals surface area contributed by atoms with E-state index in [0.29, 0.717) is 18.6 Å². The standard InChI is InChI=1S/C24H25NO2/c1-4-27-21-11-9-19(10-12-21)23(22-8-6-5-7-17(22)2)16-24(26)20-13-14-25-18(3)15-20/h5-15,23H,4,16H2,1-3H3. The minimum Gasteiger partial charge on any atom is -0.494 e. The van der Waals surface area contributed by atoms with Crippen molar-refractivity contribution in [2.45, 2.75) is 33.1 Å². The Hall–Kier alpha value is -2.94. The van der Waals surface area contributed by atoms with Gasteiger partial charge in [-0.2, -0.15) is 0 Å². The Morgan fingerprint density at radius 2 is 1.78 bits per heavy atom. The van der Waals surface area contributed by atoms with Gasteiger partial charge in [0.05, 0.1) is 6.61 Å². The van der Waals surface area contributed by atoms with Gasteiger partial charge in [0.15, 0.2) is 5.78 Å². The van der Waals surface area contributed by atoms with Crippen molar-refractivity contribution in [3.63, 3.8) is 0 Å². The van der Waals surface area contributed by atoms with Crippen LogP contribution in [0.3, 0.4) is 0 Å². The highest BCUT2D eigenvalue weighted by Crippen LogP contribution is 2.32. The van der Waals surface area contributed by atoms with E-state index in [0.717, 1.165) is 17.0 Å². The van der Waals surface area contributed by atoms with Gasteiger partial charge in [-0.15, -0.1) is 0 Å². The number of carbonyl (C=O) groups is 1. The predicted molar refractivity (Wildman–Crippen MR) is 109 cm³/mol. The third-order valence-corrected chi connectivity index (χ3v) is 4.77. The van der Waals surface area contributed by atoms with Gasteiger partial charge in [-0.3, -0.25) is 9.78 Å². The van der Waals surface area contributed by atoms with Crippen molar-refractivity contribution in [2.75, 3.05) is 6.61 Å². The lowest BCUT2D eigenvalue weighted by Crippen LogP contribution is -2.11. The molecule has 0 N–H and O–H groups in total. The minimum absolute atomic E-state index is 0.00264. The first-order valence-electron chi connectivity index (χ1n) is 9.32. The lowest BCUT2D eigenvalue weighted by molar-refractivity contribution is 0.0977. The molecule has 27 heavy (non-hydrogen) atoms. The van der Waals surface area contributed by atoms with Gasteiger partial charge in [0, 0.05) is 29.8 Å². The number of nitrogens with zero attached hydrogens (tertiary/aromatic N) is 1. The maximum atomic E-state index is 13.0. The smallest absolute Gasteiger partial charge is 0.163 e. The second-order valence-corrected chi connectivity index (χ2v) is 6.72. The third kappa shape index (κ3) is 4.62. The Morgan fingerprint density at radius 3 is 2.44 bits per heavy atom.